The summed E-state index contributed by atoms with van der Waals surface area (Å²) in [4.78, 5) is 12.3. The molecule has 0 bridgehead atoms. The number of aryl methyl sites for hydroxylation is 1. The summed E-state index contributed by atoms with van der Waals surface area (Å²) >= 11 is 0. The van der Waals surface area contributed by atoms with Crippen molar-refractivity contribution in [2.75, 3.05) is 7.11 Å². The Bertz CT molecular complexity index is 826. The maximum absolute atomic E-state index is 12.3. The lowest BCUT2D eigenvalue weighted by molar-refractivity contribution is 0.240. The monoisotopic (exact) mass is 320 g/mol. The largest absolute Gasteiger partial charge is 0.497 e. The molecule has 4 nitrogen and oxygen atoms in total. The second kappa shape index (κ2) is 6.04. The molecule has 24 heavy (non-hydrogen) atoms. The van der Waals surface area contributed by atoms with E-state index in [1.54, 1.807) is 7.11 Å². The molecule has 0 saturated heterocycles. The normalized spacial score (nSPS) is 19.5. The standard InChI is InChI=1S/C20H20N2O2/c1-24-15-9-4-8-14(12-15)18-17-11-5-7-13-6-2-3-10-16(13)19(17)22-20(23)21-18/h2-4,6,8-10,12,18H,5,7,11H2,1H3,(H2,21,22,23). The Labute approximate surface area is 141 Å². The molecule has 2 aliphatic rings. The molecule has 122 valence electrons. The first kappa shape index (κ1) is 14.8. The third-order valence-corrected chi connectivity index (χ3v) is 4.79. The van der Waals surface area contributed by atoms with E-state index in [-0.39, 0.29) is 12.1 Å². The molecule has 2 N–H and O–H groups in total. The number of rotatable bonds is 2. The molecule has 1 aliphatic carbocycles. The molecule has 0 spiro atoms. The molecule has 1 atom stereocenters. The summed E-state index contributed by atoms with van der Waals surface area (Å²) in [5.74, 6) is 0.802. The minimum absolute atomic E-state index is 0.116. The van der Waals surface area contributed by atoms with E-state index in [1.807, 2.05) is 30.3 Å². The highest BCUT2D eigenvalue weighted by Crippen LogP contribution is 2.38. The van der Waals surface area contributed by atoms with Crippen LogP contribution in [0.15, 0.2) is 54.1 Å². The van der Waals surface area contributed by atoms with Crippen LogP contribution >= 0.6 is 0 Å². The number of amides is 2. The van der Waals surface area contributed by atoms with Crippen LogP contribution in [0.2, 0.25) is 0 Å². The molecule has 0 aromatic heterocycles. The molecular weight excluding hydrogens is 300 g/mol. The highest BCUT2D eigenvalue weighted by Gasteiger charge is 2.30. The number of ether oxygens (including phenoxy) is 1. The molecular formula is C20H20N2O2. The number of hydrogen-bond acceptors (Lipinski definition) is 2. The third-order valence-electron chi connectivity index (χ3n) is 4.79. The summed E-state index contributed by atoms with van der Waals surface area (Å²) < 4.78 is 5.35. The second-order valence-electron chi connectivity index (χ2n) is 6.22. The average molecular weight is 320 g/mol. The lowest BCUT2D eigenvalue weighted by Gasteiger charge is -2.30. The Morgan fingerprint density at radius 1 is 1.08 bits per heavy atom. The van der Waals surface area contributed by atoms with Gasteiger partial charge >= 0.3 is 6.03 Å². The number of nitrogens with one attached hydrogen (secondary N) is 2. The van der Waals surface area contributed by atoms with Gasteiger partial charge in [-0.25, -0.2) is 4.79 Å². The quantitative estimate of drug-likeness (QED) is 0.884. The first-order chi connectivity index (χ1) is 11.8. The first-order valence-electron chi connectivity index (χ1n) is 8.29. The Morgan fingerprint density at radius 3 is 2.83 bits per heavy atom. The summed E-state index contributed by atoms with van der Waals surface area (Å²) in [5, 5.41) is 6.12. The molecule has 1 aliphatic heterocycles. The van der Waals surface area contributed by atoms with Gasteiger partial charge in [0.05, 0.1) is 18.8 Å². The van der Waals surface area contributed by atoms with Crippen LogP contribution in [0.3, 0.4) is 0 Å². The first-order valence-corrected chi connectivity index (χ1v) is 8.29. The molecule has 1 unspecified atom stereocenters. The van der Waals surface area contributed by atoms with Crippen LogP contribution in [0.5, 0.6) is 5.75 Å². The fourth-order valence-electron chi connectivity index (χ4n) is 3.66. The Kier molecular flexibility index (Phi) is 3.73. The van der Waals surface area contributed by atoms with E-state index in [1.165, 1.54) is 11.1 Å². The van der Waals surface area contributed by atoms with Crippen LogP contribution in [0.4, 0.5) is 4.79 Å². The summed E-state index contributed by atoms with van der Waals surface area (Å²) in [5.41, 5.74) is 5.71. The highest BCUT2D eigenvalue weighted by molar-refractivity contribution is 5.91. The molecule has 2 aromatic rings. The number of carbonyl (C=O) groups is 1. The van der Waals surface area contributed by atoms with Gasteiger partial charge in [0.15, 0.2) is 0 Å². The fraction of sp³-hybridized carbons (Fsp3) is 0.250. The molecule has 4 heteroatoms. The summed E-state index contributed by atoms with van der Waals surface area (Å²) in [6.45, 7) is 0. The minimum atomic E-state index is -0.154. The maximum Gasteiger partial charge on any atom is 0.319 e. The van der Waals surface area contributed by atoms with E-state index < -0.39 is 0 Å². The molecule has 2 aromatic carbocycles. The number of methoxy groups -OCH3 is 1. The zero-order valence-corrected chi connectivity index (χ0v) is 13.6. The Morgan fingerprint density at radius 2 is 1.96 bits per heavy atom. The van der Waals surface area contributed by atoms with Crippen molar-refractivity contribution in [3.05, 3.63) is 70.8 Å². The smallest absolute Gasteiger partial charge is 0.319 e. The predicted molar refractivity (Wildman–Crippen MR) is 93.7 cm³/mol. The maximum atomic E-state index is 12.3. The van der Waals surface area contributed by atoms with Crippen LogP contribution in [0, 0.1) is 0 Å². The van der Waals surface area contributed by atoms with Crippen molar-refractivity contribution in [1.29, 1.82) is 0 Å². The van der Waals surface area contributed by atoms with E-state index in [9.17, 15) is 4.79 Å². The fourth-order valence-corrected chi connectivity index (χ4v) is 3.66. The minimum Gasteiger partial charge on any atom is -0.497 e. The summed E-state index contributed by atoms with van der Waals surface area (Å²) in [6, 6.07) is 16.0. The Balaban J connectivity index is 1.85. The van der Waals surface area contributed by atoms with Crippen molar-refractivity contribution in [2.45, 2.75) is 25.3 Å². The van der Waals surface area contributed by atoms with Crippen molar-refractivity contribution < 1.29 is 9.53 Å². The van der Waals surface area contributed by atoms with Crippen LogP contribution in [0.25, 0.3) is 5.70 Å². The van der Waals surface area contributed by atoms with Crippen LogP contribution in [0.1, 0.15) is 35.6 Å². The van der Waals surface area contributed by atoms with Gasteiger partial charge in [-0.3, -0.25) is 0 Å². The van der Waals surface area contributed by atoms with Crippen LogP contribution < -0.4 is 15.4 Å². The lowest BCUT2D eigenvalue weighted by atomic mass is 9.91. The van der Waals surface area contributed by atoms with Crippen LogP contribution in [-0.2, 0) is 6.42 Å². The zero-order chi connectivity index (χ0) is 16.5. The van der Waals surface area contributed by atoms with Gasteiger partial charge in [0.1, 0.15) is 5.75 Å². The molecule has 0 saturated carbocycles. The summed E-state index contributed by atoms with van der Waals surface area (Å²) in [7, 11) is 1.66. The molecule has 0 radical (unpaired) electrons. The zero-order valence-electron chi connectivity index (χ0n) is 13.6. The van der Waals surface area contributed by atoms with Crippen molar-refractivity contribution >= 4 is 11.7 Å². The number of carbonyl (C=O) groups excluding carboxylic acids is 1. The van der Waals surface area contributed by atoms with Gasteiger partial charge in [-0.15, -0.1) is 0 Å². The SMILES string of the molecule is COc1cccc(C2NC(=O)NC3=C2CCCc2ccccc23)c1. The summed E-state index contributed by atoms with van der Waals surface area (Å²) in [6.07, 6.45) is 3.07. The van der Waals surface area contributed by atoms with Gasteiger partial charge in [0, 0.05) is 5.56 Å². The molecule has 0 fully saturated rings. The molecule has 4 rings (SSSR count). The second-order valence-corrected chi connectivity index (χ2v) is 6.22. The average Bonchev–Trinajstić information content (AvgIpc) is 2.81. The van der Waals surface area contributed by atoms with Crippen molar-refractivity contribution in [3.63, 3.8) is 0 Å². The van der Waals surface area contributed by atoms with Gasteiger partial charge in [-0.1, -0.05) is 36.4 Å². The highest BCUT2D eigenvalue weighted by atomic mass is 16.5. The molecule has 1 heterocycles. The lowest BCUT2D eigenvalue weighted by Crippen LogP contribution is -2.43. The third kappa shape index (κ3) is 2.54. The van der Waals surface area contributed by atoms with E-state index in [0.29, 0.717) is 0 Å². The Hall–Kier alpha value is -2.75. The van der Waals surface area contributed by atoms with Crippen molar-refractivity contribution in [2.24, 2.45) is 0 Å². The molecule has 2 amide bonds. The van der Waals surface area contributed by atoms with Crippen LogP contribution in [-0.4, -0.2) is 13.1 Å². The van der Waals surface area contributed by atoms with Gasteiger partial charge in [0.2, 0.25) is 0 Å². The van der Waals surface area contributed by atoms with Gasteiger partial charge in [0.25, 0.3) is 0 Å². The number of benzene rings is 2. The van der Waals surface area contributed by atoms with Crippen molar-refractivity contribution in [1.82, 2.24) is 10.6 Å². The number of hydrogen-bond donors (Lipinski definition) is 2. The van der Waals surface area contributed by atoms with E-state index in [4.69, 9.17) is 4.74 Å². The van der Waals surface area contributed by atoms with Gasteiger partial charge in [-0.05, 0) is 48.1 Å². The van der Waals surface area contributed by atoms with Gasteiger partial charge in [-0.2, -0.15) is 0 Å². The van der Waals surface area contributed by atoms with Gasteiger partial charge < -0.3 is 15.4 Å². The van der Waals surface area contributed by atoms with Crippen molar-refractivity contribution in [3.8, 4) is 5.75 Å². The topological polar surface area (TPSA) is 50.4 Å². The number of fused-ring (bicyclic) bond motifs is 2. The predicted octanol–water partition coefficient (Wildman–Crippen LogP) is 3.80. The van der Waals surface area contributed by atoms with E-state index in [2.05, 4.69) is 28.8 Å². The van der Waals surface area contributed by atoms with E-state index >= 15 is 0 Å². The number of urea groups is 1. The van der Waals surface area contributed by atoms with E-state index in [0.717, 1.165) is 41.8 Å².